The number of amides is 1. The summed E-state index contributed by atoms with van der Waals surface area (Å²) < 4.78 is 1.81. The third-order valence-electron chi connectivity index (χ3n) is 5.57. The highest BCUT2D eigenvalue weighted by Crippen LogP contribution is 2.38. The van der Waals surface area contributed by atoms with Crippen molar-refractivity contribution in [3.05, 3.63) is 47.5 Å². The molecule has 1 aromatic carbocycles. The predicted molar refractivity (Wildman–Crippen MR) is 109 cm³/mol. The van der Waals surface area contributed by atoms with Crippen LogP contribution in [0.2, 0.25) is 0 Å². The number of piperidine rings is 1. The summed E-state index contributed by atoms with van der Waals surface area (Å²) in [6.07, 6.45) is 3.56. The fraction of sp³-hybridized carbons (Fsp3) is 0.400. The predicted octanol–water partition coefficient (Wildman–Crippen LogP) is 2.95. The van der Waals surface area contributed by atoms with Crippen LogP contribution in [0.1, 0.15) is 40.5 Å². The van der Waals surface area contributed by atoms with Gasteiger partial charge < -0.3 is 9.80 Å². The molecule has 1 saturated heterocycles. The Bertz CT molecular complexity index is 1060. The molecule has 3 aromatic rings. The zero-order valence-corrected chi connectivity index (χ0v) is 16.8. The Labute approximate surface area is 167 Å². The minimum Gasteiger partial charge on any atom is -0.364 e. The Balaban J connectivity index is 1.41. The first-order valence-electron chi connectivity index (χ1n) is 9.55. The Morgan fingerprint density at radius 1 is 1.29 bits per heavy atom. The topological polar surface area (TPSA) is 66.6 Å². The molecule has 8 heteroatoms. The van der Waals surface area contributed by atoms with Gasteiger partial charge in [-0.05, 0) is 44.0 Å². The summed E-state index contributed by atoms with van der Waals surface area (Å²) >= 11 is 1.79. The number of carbonyl (C=O) groups excluding carboxylic acids is 1. The van der Waals surface area contributed by atoms with Gasteiger partial charge >= 0.3 is 0 Å². The average Bonchev–Trinajstić information content (AvgIpc) is 3.33. The van der Waals surface area contributed by atoms with Crippen molar-refractivity contribution >= 4 is 29.1 Å². The van der Waals surface area contributed by atoms with E-state index in [1.807, 2.05) is 28.5 Å². The lowest BCUT2D eigenvalue weighted by molar-refractivity contribution is 0.0705. The number of rotatable bonds is 2. The zero-order valence-electron chi connectivity index (χ0n) is 16.0. The molecule has 4 heterocycles. The number of likely N-dealkylation sites (tertiary alicyclic amines) is 1. The Morgan fingerprint density at radius 2 is 2.18 bits per heavy atom. The molecule has 0 radical (unpaired) electrons. The molecule has 0 bridgehead atoms. The van der Waals surface area contributed by atoms with Crippen molar-refractivity contribution in [2.45, 2.75) is 30.6 Å². The van der Waals surface area contributed by atoms with Gasteiger partial charge in [0.25, 0.3) is 11.7 Å². The molecule has 1 fully saturated rings. The van der Waals surface area contributed by atoms with E-state index < -0.39 is 0 Å². The van der Waals surface area contributed by atoms with Crippen molar-refractivity contribution in [1.29, 1.82) is 0 Å². The van der Waals surface area contributed by atoms with Gasteiger partial charge in [0, 0.05) is 42.2 Å². The number of thioether (sulfide) groups is 1. The van der Waals surface area contributed by atoms with Gasteiger partial charge in [-0.25, -0.2) is 9.50 Å². The molecule has 2 aliphatic rings. The summed E-state index contributed by atoms with van der Waals surface area (Å²) in [5, 5.41) is 4.34. The highest BCUT2D eigenvalue weighted by Gasteiger charge is 2.28. The number of fused-ring (bicyclic) bond motifs is 2. The fourth-order valence-electron chi connectivity index (χ4n) is 4.15. The molecule has 2 aromatic heterocycles. The molecule has 0 saturated carbocycles. The molecule has 1 unspecified atom stereocenters. The highest BCUT2D eigenvalue weighted by atomic mass is 32.2. The van der Waals surface area contributed by atoms with Crippen LogP contribution in [0.5, 0.6) is 0 Å². The standard InChI is InChI=1S/C20H22N6OS/c1-13-8-17(26-20(23-13)21-11-22-26)15-4-3-7-25(10-15)19(27)14-5-6-16-18(9-14)28-12-24(16)2/h5-6,8-9,11,15H,3-4,7,10,12H2,1-2H3. The molecule has 28 heavy (non-hydrogen) atoms. The van der Waals surface area contributed by atoms with Gasteiger partial charge in [0.05, 0.1) is 17.3 Å². The number of hydrogen-bond donors (Lipinski definition) is 0. The molecule has 1 amide bonds. The Morgan fingerprint density at radius 3 is 3.07 bits per heavy atom. The molecule has 0 N–H and O–H groups in total. The van der Waals surface area contributed by atoms with Crippen LogP contribution < -0.4 is 4.90 Å². The van der Waals surface area contributed by atoms with Crippen LogP contribution in [0, 0.1) is 6.92 Å². The maximum Gasteiger partial charge on any atom is 0.253 e. The second-order valence-corrected chi connectivity index (χ2v) is 8.53. The van der Waals surface area contributed by atoms with E-state index in [2.05, 4.69) is 39.1 Å². The van der Waals surface area contributed by atoms with E-state index in [1.54, 1.807) is 11.8 Å². The minimum absolute atomic E-state index is 0.114. The number of nitrogens with zero attached hydrogens (tertiary/aromatic N) is 6. The monoisotopic (exact) mass is 394 g/mol. The van der Waals surface area contributed by atoms with Crippen molar-refractivity contribution in [3.63, 3.8) is 0 Å². The van der Waals surface area contributed by atoms with E-state index in [4.69, 9.17) is 0 Å². The second-order valence-electron chi connectivity index (χ2n) is 7.54. The maximum atomic E-state index is 13.2. The van der Waals surface area contributed by atoms with Gasteiger partial charge in [-0.3, -0.25) is 4.79 Å². The molecule has 7 nitrogen and oxygen atoms in total. The van der Waals surface area contributed by atoms with E-state index >= 15 is 0 Å². The van der Waals surface area contributed by atoms with E-state index in [0.717, 1.165) is 42.2 Å². The third kappa shape index (κ3) is 2.92. The molecule has 5 rings (SSSR count). The molecule has 0 spiro atoms. The first-order chi connectivity index (χ1) is 13.6. The number of aromatic nitrogens is 4. The second kappa shape index (κ2) is 6.77. The summed E-state index contributed by atoms with van der Waals surface area (Å²) in [7, 11) is 2.08. The lowest BCUT2D eigenvalue weighted by Gasteiger charge is -2.33. The average molecular weight is 395 g/mol. The van der Waals surface area contributed by atoms with Crippen LogP contribution in [0.25, 0.3) is 5.78 Å². The smallest absolute Gasteiger partial charge is 0.253 e. The number of carbonyl (C=O) groups is 1. The van der Waals surface area contributed by atoms with E-state index in [0.29, 0.717) is 12.3 Å². The van der Waals surface area contributed by atoms with Gasteiger partial charge in [-0.15, -0.1) is 11.8 Å². The molecule has 1 atom stereocenters. The van der Waals surface area contributed by atoms with E-state index in [1.165, 1.54) is 16.9 Å². The van der Waals surface area contributed by atoms with Gasteiger partial charge in [0.2, 0.25) is 0 Å². The van der Waals surface area contributed by atoms with Gasteiger partial charge in [-0.2, -0.15) is 10.1 Å². The molecule has 2 aliphatic heterocycles. The summed E-state index contributed by atoms with van der Waals surface area (Å²) in [5.41, 5.74) is 4.00. The largest absolute Gasteiger partial charge is 0.364 e. The molecular weight excluding hydrogens is 372 g/mol. The number of aryl methyl sites for hydroxylation is 1. The first kappa shape index (κ1) is 17.5. The molecule has 144 valence electrons. The quantitative estimate of drug-likeness (QED) is 0.666. The number of benzene rings is 1. The van der Waals surface area contributed by atoms with Crippen molar-refractivity contribution in [1.82, 2.24) is 24.5 Å². The SMILES string of the molecule is Cc1cc(C2CCCN(C(=O)c3ccc4c(c3)SCN4C)C2)n2ncnc2n1. The Kier molecular flexibility index (Phi) is 4.23. The van der Waals surface area contributed by atoms with Crippen LogP contribution in [0.3, 0.4) is 0 Å². The maximum absolute atomic E-state index is 13.2. The highest BCUT2D eigenvalue weighted by molar-refractivity contribution is 7.99. The fourth-order valence-corrected chi connectivity index (χ4v) is 5.20. The first-order valence-corrected chi connectivity index (χ1v) is 10.5. The van der Waals surface area contributed by atoms with Crippen LogP contribution >= 0.6 is 11.8 Å². The minimum atomic E-state index is 0.114. The lowest BCUT2D eigenvalue weighted by Crippen LogP contribution is -2.39. The van der Waals surface area contributed by atoms with Crippen molar-refractivity contribution < 1.29 is 4.79 Å². The number of hydrogen-bond acceptors (Lipinski definition) is 6. The summed E-state index contributed by atoms with van der Waals surface area (Å²) in [5.74, 6) is 1.91. The summed E-state index contributed by atoms with van der Waals surface area (Å²) in [6, 6.07) is 8.14. The summed E-state index contributed by atoms with van der Waals surface area (Å²) in [6.45, 7) is 3.47. The van der Waals surface area contributed by atoms with E-state index in [9.17, 15) is 4.79 Å². The van der Waals surface area contributed by atoms with Gasteiger partial charge in [0.1, 0.15) is 6.33 Å². The summed E-state index contributed by atoms with van der Waals surface area (Å²) in [4.78, 5) is 27.2. The molecular formula is C20H22N6OS. The van der Waals surface area contributed by atoms with Crippen LogP contribution in [0.15, 0.2) is 35.5 Å². The van der Waals surface area contributed by atoms with Crippen LogP contribution in [-0.4, -0.2) is 56.4 Å². The van der Waals surface area contributed by atoms with Crippen molar-refractivity contribution in [2.75, 3.05) is 30.9 Å². The third-order valence-corrected chi connectivity index (χ3v) is 6.72. The molecule has 0 aliphatic carbocycles. The van der Waals surface area contributed by atoms with Gasteiger partial charge in [0.15, 0.2) is 0 Å². The normalized spacial score (nSPS) is 19.3. The van der Waals surface area contributed by atoms with Crippen LogP contribution in [-0.2, 0) is 0 Å². The van der Waals surface area contributed by atoms with E-state index in [-0.39, 0.29) is 11.8 Å². The number of anilines is 1. The van der Waals surface area contributed by atoms with Crippen molar-refractivity contribution in [3.8, 4) is 0 Å². The lowest BCUT2D eigenvalue weighted by atomic mass is 9.93. The zero-order chi connectivity index (χ0) is 19.3. The van der Waals surface area contributed by atoms with Gasteiger partial charge in [-0.1, -0.05) is 0 Å². The van der Waals surface area contributed by atoms with Crippen molar-refractivity contribution in [2.24, 2.45) is 0 Å². The Hall–Kier alpha value is -2.61. The van der Waals surface area contributed by atoms with Crippen LogP contribution in [0.4, 0.5) is 5.69 Å².